The van der Waals surface area contributed by atoms with Gasteiger partial charge in [0.15, 0.2) is 0 Å². The van der Waals surface area contributed by atoms with E-state index in [1.165, 1.54) is 16.8 Å². The Morgan fingerprint density at radius 3 is 2.33 bits per heavy atom. The number of aryl methyl sites for hydroxylation is 1. The number of rotatable bonds is 8. The number of fused-ring (bicyclic) bond motifs is 1. The van der Waals surface area contributed by atoms with Crippen LogP contribution in [0.25, 0.3) is 0 Å². The lowest BCUT2D eigenvalue weighted by Crippen LogP contribution is -2.44. The number of carbonyl (C=O) groups excluding carboxylic acids is 2. The molecule has 8 heteroatoms. The molecule has 0 radical (unpaired) electrons. The van der Waals surface area contributed by atoms with Gasteiger partial charge in [-0.1, -0.05) is 42.5 Å². The molecule has 2 aliphatic rings. The first-order chi connectivity index (χ1) is 19.5. The molecule has 0 aliphatic heterocycles. The van der Waals surface area contributed by atoms with Crippen molar-refractivity contribution in [1.82, 2.24) is 14.7 Å². The Hall–Kier alpha value is -4.46. The molecule has 1 saturated carbocycles. The molecule has 7 nitrogen and oxygen atoms in total. The Labute approximate surface area is 232 Å². The Kier molecular flexibility index (Phi) is 7.31. The molecule has 1 unspecified atom stereocenters. The molecule has 1 heterocycles. The predicted molar refractivity (Wildman–Crippen MR) is 146 cm³/mol. The number of nitrogens with zero attached hydrogens (tertiary/aromatic N) is 3. The summed E-state index contributed by atoms with van der Waals surface area (Å²) in [5, 5.41) is 4.48. The average molecular weight is 540 g/mol. The first-order valence-corrected chi connectivity index (χ1v) is 13.6. The molecule has 4 aromatic rings. The van der Waals surface area contributed by atoms with Crippen molar-refractivity contribution < 1.29 is 23.5 Å². The fourth-order valence-electron chi connectivity index (χ4n) is 5.17. The molecule has 0 bridgehead atoms. The minimum absolute atomic E-state index is 0.00990. The van der Waals surface area contributed by atoms with Crippen molar-refractivity contribution in [3.8, 4) is 5.75 Å². The molecular formula is C32H30FN3O4. The molecule has 0 N–H and O–H groups in total. The number of amides is 1. The van der Waals surface area contributed by atoms with Crippen molar-refractivity contribution in [3.63, 3.8) is 0 Å². The zero-order valence-electron chi connectivity index (χ0n) is 22.0. The maximum atomic E-state index is 13.6. The van der Waals surface area contributed by atoms with Gasteiger partial charge in [0.1, 0.15) is 24.8 Å². The number of halogens is 1. The second-order valence-electron chi connectivity index (χ2n) is 10.4. The Balaban J connectivity index is 1.09. The van der Waals surface area contributed by atoms with Gasteiger partial charge in [0, 0.05) is 23.8 Å². The van der Waals surface area contributed by atoms with Crippen LogP contribution in [0.1, 0.15) is 52.0 Å². The highest BCUT2D eigenvalue weighted by atomic mass is 19.1. The molecule has 1 aromatic heterocycles. The van der Waals surface area contributed by atoms with E-state index in [4.69, 9.17) is 9.47 Å². The molecule has 6 rings (SSSR count). The van der Waals surface area contributed by atoms with Crippen LogP contribution in [0.15, 0.2) is 85.1 Å². The Bertz CT molecular complexity index is 1480. The van der Waals surface area contributed by atoms with Crippen molar-refractivity contribution in [3.05, 3.63) is 119 Å². The van der Waals surface area contributed by atoms with Crippen LogP contribution in [0, 0.1) is 5.82 Å². The van der Waals surface area contributed by atoms with Crippen LogP contribution in [0.3, 0.4) is 0 Å². The lowest BCUT2D eigenvalue weighted by molar-refractivity contribution is 0.0642. The fourth-order valence-corrected chi connectivity index (χ4v) is 5.17. The van der Waals surface area contributed by atoms with Gasteiger partial charge in [-0.15, -0.1) is 0 Å². The summed E-state index contributed by atoms with van der Waals surface area (Å²) in [7, 11) is 0. The molecular weight excluding hydrogens is 509 g/mol. The van der Waals surface area contributed by atoms with E-state index in [1.54, 1.807) is 42.6 Å². The number of benzene rings is 3. The summed E-state index contributed by atoms with van der Waals surface area (Å²) < 4.78 is 25.7. The first-order valence-electron chi connectivity index (χ1n) is 13.6. The minimum Gasteiger partial charge on any atom is -0.489 e. The van der Waals surface area contributed by atoms with E-state index in [-0.39, 0.29) is 30.4 Å². The zero-order valence-corrected chi connectivity index (χ0v) is 22.0. The zero-order chi connectivity index (χ0) is 27.5. The number of ether oxygens (including phenoxy) is 2. The van der Waals surface area contributed by atoms with Crippen LogP contribution in [0.4, 0.5) is 9.18 Å². The highest BCUT2D eigenvalue weighted by molar-refractivity contribution is 5.95. The second kappa shape index (κ2) is 11.3. The van der Waals surface area contributed by atoms with E-state index in [2.05, 4.69) is 5.10 Å². The molecule has 3 aromatic carbocycles. The second-order valence-corrected chi connectivity index (χ2v) is 10.4. The largest absolute Gasteiger partial charge is 0.489 e. The summed E-state index contributed by atoms with van der Waals surface area (Å²) >= 11 is 0. The van der Waals surface area contributed by atoms with Gasteiger partial charge < -0.3 is 14.4 Å². The standard InChI is InChI=1S/C32H30FN3O4/c33-26-10-6-23(7-11-26)20-39-29-15-8-24(9-16-29)31(37)36(27-12-13-27)28-14-17-30-25(18-28)19-35(34-30)32(38)40-21-22-4-2-1-3-5-22/h1-11,15-16,19,27-28H,12-14,17-18,20-21H2. The molecule has 40 heavy (non-hydrogen) atoms. The van der Waals surface area contributed by atoms with Gasteiger partial charge in [0.25, 0.3) is 5.91 Å². The van der Waals surface area contributed by atoms with Crippen molar-refractivity contribution in [2.45, 2.75) is 57.4 Å². The summed E-state index contributed by atoms with van der Waals surface area (Å²) in [5.74, 6) is 0.375. The first kappa shape index (κ1) is 25.8. The van der Waals surface area contributed by atoms with E-state index < -0.39 is 6.09 Å². The molecule has 204 valence electrons. The molecule has 1 fully saturated rings. The number of aromatic nitrogens is 2. The smallest absolute Gasteiger partial charge is 0.435 e. The van der Waals surface area contributed by atoms with Crippen molar-refractivity contribution in [2.24, 2.45) is 0 Å². The van der Waals surface area contributed by atoms with Crippen molar-refractivity contribution in [2.75, 3.05) is 0 Å². The third-order valence-corrected chi connectivity index (χ3v) is 7.43. The number of hydrogen-bond donors (Lipinski definition) is 0. The van der Waals surface area contributed by atoms with Crippen molar-refractivity contribution in [1.29, 1.82) is 0 Å². The van der Waals surface area contributed by atoms with Crippen LogP contribution in [0.5, 0.6) is 5.75 Å². The summed E-state index contributed by atoms with van der Waals surface area (Å²) in [6, 6.07) is 23.2. The summed E-state index contributed by atoms with van der Waals surface area (Å²) in [6.07, 6.45) is 5.39. The van der Waals surface area contributed by atoms with Gasteiger partial charge in [-0.05, 0) is 85.2 Å². The number of hydrogen-bond acceptors (Lipinski definition) is 5. The van der Waals surface area contributed by atoms with Gasteiger partial charge >= 0.3 is 6.09 Å². The maximum absolute atomic E-state index is 13.6. The molecule has 0 spiro atoms. The normalized spacial score (nSPS) is 16.2. The van der Waals surface area contributed by atoms with Crippen LogP contribution in [-0.2, 0) is 30.8 Å². The quantitative estimate of drug-likeness (QED) is 0.277. The van der Waals surface area contributed by atoms with E-state index >= 15 is 0 Å². The third kappa shape index (κ3) is 5.91. The predicted octanol–water partition coefficient (Wildman–Crippen LogP) is 5.95. The SMILES string of the molecule is O=C(c1ccc(OCc2ccc(F)cc2)cc1)N(C1CC1)C1CCc2nn(C(=O)OCc3ccccc3)cc2C1. The highest BCUT2D eigenvalue weighted by Gasteiger charge is 2.39. The fraction of sp³-hybridized carbons (Fsp3) is 0.281. The lowest BCUT2D eigenvalue weighted by atomic mass is 9.91. The summed E-state index contributed by atoms with van der Waals surface area (Å²) in [6.45, 7) is 0.506. The minimum atomic E-state index is -0.508. The van der Waals surface area contributed by atoms with E-state index in [1.807, 2.05) is 35.2 Å². The van der Waals surface area contributed by atoms with Gasteiger partial charge in [-0.2, -0.15) is 9.78 Å². The van der Waals surface area contributed by atoms with E-state index in [0.29, 0.717) is 30.8 Å². The monoisotopic (exact) mass is 539 g/mol. The Morgan fingerprint density at radius 2 is 1.60 bits per heavy atom. The van der Waals surface area contributed by atoms with Crippen LogP contribution in [-0.4, -0.2) is 38.8 Å². The van der Waals surface area contributed by atoms with E-state index in [0.717, 1.165) is 41.6 Å². The van der Waals surface area contributed by atoms with Crippen LogP contribution in [0.2, 0.25) is 0 Å². The Morgan fingerprint density at radius 1 is 0.875 bits per heavy atom. The molecule has 2 aliphatic carbocycles. The van der Waals surface area contributed by atoms with E-state index in [9.17, 15) is 14.0 Å². The van der Waals surface area contributed by atoms with Gasteiger partial charge in [0.2, 0.25) is 0 Å². The summed E-state index contributed by atoms with van der Waals surface area (Å²) in [4.78, 5) is 28.3. The molecule has 1 amide bonds. The average Bonchev–Trinajstić information content (AvgIpc) is 3.73. The van der Waals surface area contributed by atoms with Crippen LogP contribution < -0.4 is 4.74 Å². The molecule has 0 saturated heterocycles. The highest BCUT2D eigenvalue weighted by Crippen LogP contribution is 2.35. The van der Waals surface area contributed by atoms with Crippen LogP contribution >= 0.6 is 0 Å². The van der Waals surface area contributed by atoms with Gasteiger partial charge in [0.05, 0.1) is 5.69 Å². The molecule has 1 atom stereocenters. The third-order valence-electron chi connectivity index (χ3n) is 7.43. The lowest BCUT2D eigenvalue weighted by Gasteiger charge is -2.34. The number of carbonyl (C=O) groups is 2. The summed E-state index contributed by atoms with van der Waals surface area (Å²) in [5.41, 5.74) is 4.27. The topological polar surface area (TPSA) is 73.7 Å². The van der Waals surface area contributed by atoms with Gasteiger partial charge in [-0.3, -0.25) is 4.79 Å². The maximum Gasteiger partial charge on any atom is 0.435 e. The van der Waals surface area contributed by atoms with Crippen molar-refractivity contribution >= 4 is 12.0 Å². The van der Waals surface area contributed by atoms with Gasteiger partial charge in [-0.25, -0.2) is 9.18 Å².